The number of aliphatic carboxylic acids is 1. The Morgan fingerprint density at radius 2 is 1.94 bits per heavy atom. The van der Waals surface area contributed by atoms with Crippen molar-refractivity contribution in [2.45, 2.75) is 31.2 Å². The molecule has 36 heavy (non-hydrogen) atoms. The highest BCUT2D eigenvalue weighted by molar-refractivity contribution is 7.91. The lowest BCUT2D eigenvalue weighted by Gasteiger charge is -2.37. The Balaban J connectivity index is 1.76. The van der Waals surface area contributed by atoms with Gasteiger partial charge in [0.2, 0.25) is 0 Å². The maximum Gasteiger partial charge on any atom is 0.335 e. The molecular weight excluding hydrogens is 512 g/mol. The van der Waals surface area contributed by atoms with Gasteiger partial charge < -0.3 is 20.6 Å². The van der Waals surface area contributed by atoms with Crippen LogP contribution < -0.4 is 10.6 Å². The molecule has 13 heteroatoms. The van der Waals surface area contributed by atoms with Crippen LogP contribution in [0.3, 0.4) is 0 Å². The number of aryl methyl sites for hydroxylation is 1. The number of rotatable bonds is 10. The standard InChI is InChI=1S/C23H25ClN4O7S/c1-14-6-3-9-18(24)21(14)36(34,35)13-25-10-5-11-27-20(16-7-4-8-17(12-16)28(32)33)19(22(29)30)15(2)26-23(27)31/h3-4,6-9,12,20,25H,5,10-11,13H2,1-2H3,(H,26,31)(H,29,30). The van der Waals surface area contributed by atoms with Crippen molar-refractivity contribution in [2.75, 3.05) is 19.0 Å². The predicted molar refractivity (Wildman–Crippen MR) is 132 cm³/mol. The molecule has 0 aromatic heterocycles. The van der Waals surface area contributed by atoms with E-state index in [1.807, 2.05) is 0 Å². The molecule has 0 saturated heterocycles. The van der Waals surface area contributed by atoms with Gasteiger partial charge in [0.1, 0.15) is 5.88 Å². The molecule has 3 rings (SSSR count). The zero-order valence-electron chi connectivity index (χ0n) is 19.5. The highest BCUT2D eigenvalue weighted by atomic mass is 35.5. The van der Waals surface area contributed by atoms with Gasteiger partial charge in [-0.3, -0.25) is 10.1 Å². The summed E-state index contributed by atoms with van der Waals surface area (Å²) >= 11 is 6.08. The first-order chi connectivity index (χ1) is 16.9. The van der Waals surface area contributed by atoms with Gasteiger partial charge in [-0.2, -0.15) is 0 Å². The van der Waals surface area contributed by atoms with Gasteiger partial charge >= 0.3 is 12.0 Å². The summed E-state index contributed by atoms with van der Waals surface area (Å²) in [5.74, 6) is -1.65. The third-order valence-corrected chi connectivity index (χ3v) is 7.87. The van der Waals surface area contributed by atoms with E-state index in [0.29, 0.717) is 5.56 Å². The number of carbonyl (C=O) groups is 2. The topological polar surface area (TPSA) is 159 Å². The summed E-state index contributed by atoms with van der Waals surface area (Å²) in [6.07, 6.45) is 0.280. The molecule has 1 aliphatic heterocycles. The maximum atomic E-state index is 12.8. The van der Waals surface area contributed by atoms with Gasteiger partial charge in [0.05, 0.1) is 26.5 Å². The number of halogens is 1. The van der Waals surface area contributed by atoms with Gasteiger partial charge in [-0.05, 0) is 44.0 Å². The number of urea groups is 1. The van der Waals surface area contributed by atoms with E-state index in [1.54, 1.807) is 19.1 Å². The van der Waals surface area contributed by atoms with Crippen molar-refractivity contribution < 1.29 is 28.0 Å². The summed E-state index contributed by atoms with van der Waals surface area (Å²) < 4.78 is 25.4. The summed E-state index contributed by atoms with van der Waals surface area (Å²) in [6.45, 7) is 3.35. The van der Waals surface area contributed by atoms with Crippen molar-refractivity contribution in [3.8, 4) is 0 Å². The van der Waals surface area contributed by atoms with Crippen molar-refractivity contribution in [3.05, 3.63) is 80.0 Å². The first-order valence-electron chi connectivity index (χ1n) is 10.9. The number of carbonyl (C=O) groups excluding carboxylic acids is 1. The highest BCUT2D eigenvalue weighted by Crippen LogP contribution is 2.35. The number of benzene rings is 2. The number of amides is 2. The molecule has 0 fully saturated rings. The first kappa shape index (κ1) is 27.1. The molecule has 2 aromatic carbocycles. The molecule has 1 unspecified atom stereocenters. The predicted octanol–water partition coefficient (Wildman–Crippen LogP) is 3.39. The van der Waals surface area contributed by atoms with Gasteiger partial charge in [0, 0.05) is 24.4 Å². The Bertz CT molecular complexity index is 1320. The molecule has 2 amide bonds. The van der Waals surface area contributed by atoms with E-state index < -0.39 is 32.8 Å². The quantitative estimate of drug-likeness (QED) is 0.237. The van der Waals surface area contributed by atoms with Crippen LogP contribution in [0.15, 0.2) is 58.6 Å². The van der Waals surface area contributed by atoms with Crippen molar-refractivity contribution >= 4 is 39.1 Å². The smallest absolute Gasteiger partial charge is 0.335 e. The number of nitro benzene ring substituents is 1. The first-order valence-corrected chi connectivity index (χ1v) is 12.9. The number of nitrogens with zero attached hydrogens (tertiary/aromatic N) is 2. The van der Waals surface area contributed by atoms with Crippen molar-refractivity contribution in [1.82, 2.24) is 15.5 Å². The number of sulfone groups is 1. The largest absolute Gasteiger partial charge is 0.478 e. The van der Waals surface area contributed by atoms with Gasteiger partial charge in [0.15, 0.2) is 9.84 Å². The average Bonchev–Trinajstić information content (AvgIpc) is 2.79. The fourth-order valence-corrected chi connectivity index (χ4v) is 6.16. The van der Waals surface area contributed by atoms with E-state index in [9.17, 15) is 33.2 Å². The molecule has 1 atom stereocenters. The second-order valence-corrected chi connectivity index (χ2v) is 10.6. The zero-order valence-corrected chi connectivity index (χ0v) is 21.1. The summed E-state index contributed by atoms with van der Waals surface area (Å²) in [4.78, 5) is 36.8. The third kappa shape index (κ3) is 5.83. The molecule has 3 N–H and O–H groups in total. The Morgan fingerprint density at radius 3 is 2.58 bits per heavy atom. The summed E-state index contributed by atoms with van der Waals surface area (Å²) in [6, 6.07) is 8.65. The van der Waals surface area contributed by atoms with Gasteiger partial charge in [-0.15, -0.1) is 0 Å². The van der Waals surface area contributed by atoms with Crippen LogP contribution in [-0.2, 0) is 14.6 Å². The minimum absolute atomic E-state index is 0.0482. The molecule has 2 aromatic rings. The number of nitro groups is 1. The van der Waals surface area contributed by atoms with E-state index >= 15 is 0 Å². The van der Waals surface area contributed by atoms with Crippen LogP contribution in [0.5, 0.6) is 0 Å². The minimum atomic E-state index is -3.72. The lowest BCUT2D eigenvalue weighted by molar-refractivity contribution is -0.384. The third-order valence-electron chi connectivity index (χ3n) is 5.69. The molecule has 0 saturated carbocycles. The van der Waals surface area contributed by atoms with Crippen LogP contribution in [0, 0.1) is 17.0 Å². The average molecular weight is 537 g/mol. The highest BCUT2D eigenvalue weighted by Gasteiger charge is 2.38. The number of allylic oxidation sites excluding steroid dienone is 1. The normalized spacial score (nSPS) is 16.1. The summed E-state index contributed by atoms with van der Waals surface area (Å²) in [5, 5.41) is 26.5. The van der Waals surface area contributed by atoms with Crippen molar-refractivity contribution in [1.29, 1.82) is 0 Å². The molecule has 1 aliphatic rings. The van der Waals surface area contributed by atoms with Crippen molar-refractivity contribution in [3.63, 3.8) is 0 Å². The van der Waals surface area contributed by atoms with Crippen LogP contribution >= 0.6 is 11.6 Å². The molecule has 11 nitrogen and oxygen atoms in total. The molecule has 0 radical (unpaired) electrons. The molecule has 1 heterocycles. The minimum Gasteiger partial charge on any atom is -0.478 e. The molecule has 0 aliphatic carbocycles. The number of carboxylic acids is 1. The SMILES string of the molecule is CC1=C(C(=O)O)C(c2cccc([N+](=O)[O-])c2)N(CCCNCS(=O)(=O)c2c(C)cccc2Cl)C(=O)N1. The van der Waals surface area contributed by atoms with E-state index in [0.717, 1.165) is 0 Å². The number of hydrogen-bond acceptors (Lipinski definition) is 7. The number of hydrogen-bond donors (Lipinski definition) is 3. The van der Waals surface area contributed by atoms with Crippen LogP contribution in [-0.4, -0.2) is 54.3 Å². The van der Waals surface area contributed by atoms with Gasteiger partial charge in [0.25, 0.3) is 5.69 Å². The Hall–Kier alpha value is -3.48. The number of non-ortho nitro benzene ring substituents is 1. The fourth-order valence-electron chi connectivity index (χ4n) is 4.10. The maximum absolute atomic E-state index is 12.8. The Kier molecular flexibility index (Phi) is 8.33. The van der Waals surface area contributed by atoms with Crippen molar-refractivity contribution in [2.24, 2.45) is 0 Å². The van der Waals surface area contributed by atoms with E-state index in [1.165, 1.54) is 42.2 Å². The van der Waals surface area contributed by atoms with Crippen LogP contribution in [0.1, 0.15) is 30.5 Å². The van der Waals surface area contributed by atoms with Gasteiger partial charge in [-0.25, -0.2) is 18.0 Å². The van der Waals surface area contributed by atoms with E-state index in [-0.39, 0.29) is 57.8 Å². The van der Waals surface area contributed by atoms with Gasteiger partial charge in [-0.1, -0.05) is 35.9 Å². The second-order valence-electron chi connectivity index (χ2n) is 8.22. The number of nitrogens with one attached hydrogen (secondary N) is 2. The summed E-state index contributed by atoms with van der Waals surface area (Å²) in [5.41, 5.74) is 0.597. The lowest BCUT2D eigenvalue weighted by atomic mass is 9.93. The molecule has 0 bridgehead atoms. The Morgan fingerprint density at radius 1 is 1.25 bits per heavy atom. The zero-order chi connectivity index (χ0) is 26.6. The van der Waals surface area contributed by atoms with E-state index in [4.69, 9.17) is 11.6 Å². The Labute approximate surface area is 212 Å². The number of carboxylic acid groups (broad SMARTS) is 1. The molecule has 192 valence electrons. The fraction of sp³-hybridized carbons (Fsp3) is 0.304. The summed E-state index contributed by atoms with van der Waals surface area (Å²) in [7, 11) is -3.72. The monoisotopic (exact) mass is 536 g/mol. The van der Waals surface area contributed by atoms with Crippen LogP contribution in [0.25, 0.3) is 0 Å². The molecule has 0 spiro atoms. The lowest BCUT2D eigenvalue weighted by Crippen LogP contribution is -2.49. The molecular formula is C23H25ClN4O7S. The van der Waals surface area contributed by atoms with Crippen LogP contribution in [0.4, 0.5) is 10.5 Å². The van der Waals surface area contributed by atoms with E-state index in [2.05, 4.69) is 10.6 Å². The second kappa shape index (κ2) is 11.1. The van der Waals surface area contributed by atoms with Crippen LogP contribution in [0.2, 0.25) is 5.02 Å².